The van der Waals surface area contributed by atoms with E-state index in [4.69, 9.17) is 0 Å². The molecule has 6 heteroatoms. The van der Waals surface area contributed by atoms with Gasteiger partial charge in [-0.25, -0.2) is 4.39 Å². The van der Waals surface area contributed by atoms with Crippen molar-refractivity contribution in [3.05, 3.63) is 64.4 Å². The molecule has 0 aliphatic rings. The number of nitrogens with zero attached hydrogens (tertiary/aromatic N) is 1. The Bertz CT molecular complexity index is 721. The Morgan fingerprint density at radius 3 is 2.57 bits per heavy atom. The van der Waals surface area contributed by atoms with Crippen LogP contribution in [0.4, 0.5) is 10.1 Å². The zero-order valence-electron chi connectivity index (χ0n) is 12.6. The summed E-state index contributed by atoms with van der Waals surface area (Å²) in [5.74, 6) is -0.956. The van der Waals surface area contributed by atoms with Gasteiger partial charge in [-0.3, -0.25) is 9.59 Å². The van der Waals surface area contributed by atoms with Crippen LogP contribution in [0.3, 0.4) is 0 Å². The van der Waals surface area contributed by atoms with Crippen LogP contribution >= 0.6 is 15.9 Å². The van der Waals surface area contributed by atoms with Crippen molar-refractivity contribution in [2.24, 2.45) is 0 Å². The lowest BCUT2D eigenvalue weighted by molar-refractivity contribution is -0.116. The number of halogens is 2. The van der Waals surface area contributed by atoms with Gasteiger partial charge in [0.2, 0.25) is 5.91 Å². The zero-order valence-corrected chi connectivity index (χ0v) is 14.1. The normalized spacial score (nSPS) is 10.2. The highest BCUT2D eigenvalue weighted by Gasteiger charge is 2.12. The quantitative estimate of drug-likeness (QED) is 0.866. The lowest BCUT2D eigenvalue weighted by Gasteiger charge is -2.21. The highest BCUT2D eigenvalue weighted by atomic mass is 79.9. The third-order valence-electron chi connectivity index (χ3n) is 3.21. The summed E-state index contributed by atoms with van der Waals surface area (Å²) in [5.41, 5.74) is 0.994. The number of hydrogen-bond donors (Lipinski definition) is 1. The zero-order chi connectivity index (χ0) is 16.8. The Labute approximate surface area is 142 Å². The number of rotatable bonds is 5. The molecular formula is C17H16BrFN2O2. The number of anilines is 1. The van der Waals surface area contributed by atoms with E-state index in [1.807, 2.05) is 24.3 Å². The average molecular weight is 379 g/mol. The predicted octanol–water partition coefficient (Wildman–Crippen LogP) is 3.37. The number of carbonyl (C=O) groups is 2. The molecule has 2 amide bonds. The topological polar surface area (TPSA) is 49.4 Å². The van der Waals surface area contributed by atoms with Crippen LogP contribution in [0.25, 0.3) is 0 Å². The van der Waals surface area contributed by atoms with Gasteiger partial charge in [-0.05, 0) is 36.4 Å². The van der Waals surface area contributed by atoms with Crippen LogP contribution in [0.15, 0.2) is 53.0 Å². The molecule has 23 heavy (non-hydrogen) atoms. The van der Waals surface area contributed by atoms with Gasteiger partial charge in [0.05, 0.1) is 0 Å². The van der Waals surface area contributed by atoms with Gasteiger partial charge >= 0.3 is 0 Å². The third-order valence-corrected chi connectivity index (χ3v) is 3.70. The molecule has 2 aromatic carbocycles. The molecular weight excluding hydrogens is 363 g/mol. The first-order valence-corrected chi connectivity index (χ1v) is 7.84. The molecule has 0 bridgehead atoms. The van der Waals surface area contributed by atoms with Gasteiger partial charge in [0.1, 0.15) is 5.82 Å². The van der Waals surface area contributed by atoms with E-state index in [2.05, 4.69) is 21.2 Å². The van der Waals surface area contributed by atoms with Gasteiger partial charge in [0.25, 0.3) is 5.91 Å². The molecule has 0 unspecified atom stereocenters. The van der Waals surface area contributed by atoms with Crippen LogP contribution in [-0.4, -0.2) is 24.9 Å². The van der Waals surface area contributed by atoms with E-state index in [0.717, 1.165) is 10.2 Å². The Morgan fingerprint density at radius 1 is 1.17 bits per heavy atom. The molecule has 0 aliphatic carbocycles. The molecule has 0 spiro atoms. The van der Waals surface area contributed by atoms with E-state index < -0.39 is 5.82 Å². The van der Waals surface area contributed by atoms with Gasteiger partial charge < -0.3 is 10.2 Å². The Hall–Kier alpha value is -2.21. The van der Waals surface area contributed by atoms with Crippen LogP contribution in [0.2, 0.25) is 0 Å². The molecule has 0 radical (unpaired) electrons. The van der Waals surface area contributed by atoms with Crippen LogP contribution < -0.4 is 10.2 Å². The second-order valence-electron chi connectivity index (χ2n) is 4.92. The first-order chi connectivity index (χ1) is 11.0. The SMILES string of the molecule is CC(=O)N(CCNC(=O)c1cccc(F)c1)c1cccc(Br)c1. The first-order valence-electron chi connectivity index (χ1n) is 7.05. The van der Waals surface area contributed by atoms with E-state index in [1.54, 1.807) is 4.90 Å². The Morgan fingerprint density at radius 2 is 1.91 bits per heavy atom. The summed E-state index contributed by atoms with van der Waals surface area (Å²) in [5, 5.41) is 2.68. The van der Waals surface area contributed by atoms with E-state index in [-0.39, 0.29) is 23.9 Å². The number of amides is 2. The average Bonchev–Trinajstić information content (AvgIpc) is 2.51. The summed E-state index contributed by atoms with van der Waals surface area (Å²) < 4.78 is 14.0. The fourth-order valence-corrected chi connectivity index (χ4v) is 2.51. The molecule has 2 aromatic rings. The lowest BCUT2D eigenvalue weighted by atomic mass is 10.2. The first kappa shape index (κ1) is 17.1. The smallest absolute Gasteiger partial charge is 0.251 e. The summed E-state index contributed by atoms with van der Waals surface area (Å²) in [6.07, 6.45) is 0. The van der Waals surface area contributed by atoms with Crippen molar-refractivity contribution in [2.75, 3.05) is 18.0 Å². The minimum Gasteiger partial charge on any atom is -0.350 e. The van der Waals surface area contributed by atoms with Crippen molar-refractivity contribution in [3.8, 4) is 0 Å². The second-order valence-corrected chi connectivity index (χ2v) is 5.83. The summed E-state index contributed by atoms with van der Waals surface area (Å²) >= 11 is 3.37. The number of nitrogens with one attached hydrogen (secondary N) is 1. The molecule has 1 N–H and O–H groups in total. The number of benzene rings is 2. The van der Waals surface area contributed by atoms with Crippen molar-refractivity contribution in [1.29, 1.82) is 0 Å². The molecule has 0 aliphatic heterocycles. The third kappa shape index (κ3) is 4.89. The van der Waals surface area contributed by atoms with Gasteiger partial charge in [-0.1, -0.05) is 28.1 Å². The molecule has 4 nitrogen and oxygen atoms in total. The largest absolute Gasteiger partial charge is 0.350 e. The van der Waals surface area contributed by atoms with Crippen molar-refractivity contribution < 1.29 is 14.0 Å². The second kappa shape index (κ2) is 7.87. The Balaban J connectivity index is 1.97. The fraction of sp³-hybridized carbons (Fsp3) is 0.176. The van der Waals surface area contributed by atoms with Gasteiger partial charge in [0, 0.05) is 35.7 Å². The van der Waals surface area contributed by atoms with Crippen molar-refractivity contribution in [3.63, 3.8) is 0 Å². The standard InChI is InChI=1S/C17H16BrFN2O2/c1-12(22)21(16-7-3-5-14(18)11-16)9-8-20-17(23)13-4-2-6-15(19)10-13/h2-7,10-11H,8-9H2,1H3,(H,20,23). The van der Waals surface area contributed by atoms with Crippen molar-refractivity contribution >= 4 is 33.4 Å². The minimum atomic E-state index is -0.461. The molecule has 0 atom stereocenters. The lowest BCUT2D eigenvalue weighted by Crippen LogP contribution is -2.37. The minimum absolute atomic E-state index is 0.122. The summed E-state index contributed by atoms with van der Waals surface area (Å²) in [6, 6.07) is 12.8. The number of carbonyl (C=O) groups excluding carboxylic acids is 2. The Kier molecular flexibility index (Phi) is 5.87. The van der Waals surface area contributed by atoms with E-state index in [1.165, 1.54) is 31.2 Å². The van der Waals surface area contributed by atoms with Crippen molar-refractivity contribution in [2.45, 2.75) is 6.92 Å². The van der Waals surface area contributed by atoms with Crippen LogP contribution in [-0.2, 0) is 4.79 Å². The summed E-state index contributed by atoms with van der Waals surface area (Å²) in [4.78, 5) is 25.3. The molecule has 2 rings (SSSR count). The molecule has 0 saturated heterocycles. The maximum absolute atomic E-state index is 13.1. The van der Waals surface area contributed by atoms with Gasteiger partial charge in [-0.2, -0.15) is 0 Å². The monoisotopic (exact) mass is 378 g/mol. The van der Waals surface area contributed by atoms with Crippen LogP contribution in [0, 0.1) is 5.82 Å². The van der Waals surface area contributed by atoms with E-state index >= 15 is 0 Å². The molecule has 0 aromatic heterocycles. The predicted molar refractivity (Wildman–Crippen MR) is 90.9 cm³/mol. The molecule has 120 valence electrons. The number of hydrogen-bond acceptors (Lipinski definition) is 2. The molecule has 0 saturated carbocycles. The van der Waals surface area contributed by atoms with Gasteiger partial charge in [-0.15, -0.1) is 0 Å². The summed E-state index contributed by atoms with van der Waals surface area (Å²) in [7, 11) is 0. The van der Waals surface area contributed by atoms with E-state index in [9.17, 15) is 14.0 Å². The fourth-order valence-electron chi connectivity index (χ4n) is 2.13. The van der Waals surface area contributed by atoms with Crippen molar-refractivity contribution in [1.82, 2.24) is 5.32 Å². The maximum Gasteiger partial charge on any atom is 0.251 e. The summed E-state index contributed by atoms with van der Waals surface area (Å²) in [6.45, 7) is 2.06. The highest BCUT2D eigenvalue weighted by Crippen LogP contribution is 2.19. The highest BCUT2D eigenvalue weighted by molar-refractivity contribution is 9.10. The molecule has 0 fully saturated rings. The molecule has 0 heterocycles. The van der Waals surface area contributed by atoms with Crippen LogP contribution in [0.5, 0.6) is 0 Å². The van der Waals surface area contributed by atoms with E-state index in [0.29, 0.717) is 6.54 Å². The van der Waals surface area contributed by atoms with Gasteiger partial charge in [0.15, 0.2) is 0 Å². The maximum atomic E-state index is 13.1. The van der Waals surface area contributed by atoms with Crippen LogP contribution in [0.1, 0.15) is 17.3 Å².